The van der Waals surface area contributed by atoms with Crippen molar-refractivity contribution in [3.8, 4) is 0 Å². The molecule has 0 amide bonds. The second-order valence-corrected chi connectivity index (χ2v) is 9.97. The van der Waals surface area contributed by atoms with E-state index < -0.39 is 12.7 Å². The van der Waals surface area contributed by atoms with Crippen molar-refractivity contribution in [2.24, 2.45) is 5.92 Å². The normalized spacial score (nSPS) is 20.0. The SMILES string of the molecule is CC(C)CC(C(=O)OC(C)(C)C)c1ccc(B2OC(C)(C)C(C)(C)O2)cc1. The molecule has 0 N–H and O–H groups in total. The maximum absolute atomic E-state index is 12.7. The van der Waals surface area contributed by atoms with E-state index in [1.165, 1.54) is 0 Å². The maximum Gasteiger partial charge on any atom is 0.494 e. The monoisotopic (exact) mass is 374 g/mol. The first-order chi connectivity index (χ1) is 12.2. The fourth-order valence-electron chi connectivity index (χ4n) is 3.08. The average molecular weight is 374 g/mol. The minimum atomic E-state index is -0.491. The molecule has 1 aliphatic rings. The van der Waals surface area contributed by atoms with Crippen molar-refractivity contribution in [3.05, 3.63) is 29.8 Å². The van der Waals surface area contributed by atoms with Crippen LogP contribution in [-0.2, 0) is 18.8 Å². The maximum atomic E-state index is 12.7. The van der Waals surface area contributed by atoms with E-state index in [-0.39, 0.29) is 23.1 Å². The number of carbonyl (C=O) groups excluding carboxylic acids is 1. The summed E-state index contributed by atoms with van der Waals surface area (Å²) in [6.07, 6.45) is 0.755. The Kier molecular flexibility index (Phi) is 6.18. The molecule has 1 aromatic rings. The van der Waals surface area contributed by atoms with Gasteiger partial charge in [0.05, 0.1) is 17.1 Å². The van der Waals surface area contributed by atoms with Crippen molar-refractivity contribution < 1.29 is 18.8 Å². The van der Waals surface area contributed by atoms with Gasteiger partial charge in [0.1, 0.15) is 5.60 Å². The highest BCUT2D eigenvalue weighted by atomic mass is 16.7. The molecule has 0 spiro atoms. The fourth-order valence-corrected chi connectivity index (χ4v) is 3.08. The van der Waals surface area contributed by atoms with Crippen molar-refractivity contribution in [2.45, 2.75) is 91.5 Å². The molecule has 1 atom stereocenters. The van der Waals surface area contributed by atoms with Gasteiger partial charge in [-0.15, -0.1) is 0 Å². The topological polar surface area (TPSA) is 44.8 Å². The molecule has 0 bridgehead atoms. The molecule has 1 saturated heterocycles. The summed E-state index contributed by atoms with van der Waals surface area (Å²) in [5, 5.41) is 0. The molecule has 4 nitrogen and oxygen atoms in total. The van der Waals surface area contributed by atoms with Crippen LogP contribution >= 0.6 is 0 Å². The summed E-state index contributed by atoms with van der Waals surface area (Å²) < 4.78 is 17.9. The molecule has 2 rings (SSSR count). The molecule has 1 unspecified atom stereocenters. The quantitative estimate of drug-likeness (QED) is 0.564. The Hall–Kier alpha value is -1.33. The minimum absolute atomic E-state index is 0.167. The summed E-state index contributed by atoms with van der Waals surface area (Å²) >= 11 is 0. The summed E-state index contributed by atoms with van der Waals surface area (Å²) in [5.41, 5.74) is 0.706. The average Bonchev–Trinajstić information content (AvgIpc) is 2.71. The van der Waals surface area contributed by atoms with Gasteiger partial charge in [-0.25, -0.2) is 0 Å². The highest BCUT2D eigenvalue weighted by molar-refractivity contribution is 6.62. The molecule has 1 fully saturated rings. The minimum Gasteiger partial charge on any atom is -0.459 e. The zero-order valence-electron chi connectivity index (χ0n) is 18.4. The van der Waals surface area contributed by atoms with Crippen LogP contribution in [0.25, 0.3) is 0 Å². The molecular formula is C22H35BO4. The van der Waals surface area contributed by atoms with Gasteiger partial charge in [0, 0.05) is 0 Å². The second-order valence-electron chi connectivity index (χ2n) is 9.97. The van der Waals surface area contributed by atoms with Crippen LogP contribution in [0.5, 0.6) is 0 Å². The molecule has 5 heteroatoms. The van der Waals surface area contributed by atoms with Crippen LogP contribution in [0.4, 0.5) is 0 Å². The smallest absolute Gasteiger partial charge is 0.459 e. The second kappa shape index (κ2) is 7.59. The van der Waals surface area contributed by atoms with Crippen molar-refractivity contribution in [3.63, 3.8) is 0 Å². The van der Waals surface area contributed by atoms with Crippen LogP contribution < -0.4 is 5.46 Å². The van der Waals surface area contributed by atoms with Crippen molar-refractivity contribution >= 4 is 18.6 Å². The number of hydrogen-bond acceptors (Lipinski definition) is 4. The van der Waals surface area contributed by atoms with E-state index in [9.17, 15) is 4.79 Å². The van der Waals surface area contributed by atoms with Gasteiger partial charge in [-0.05, 0) is 71.8 Å². The van der Waals surface area contributed by atoms with E-state index >= 15 is 0 Å². The molecule has 0 radical (unpaired) electrons. The Morgan fingerprint density at radius 3 is 1.93 bits per heavy atom. The van der Waals surface area contributed by atoms with Gasteiger partial charge in [0.15, 0.2) is 0 Å². The van der Waals surface area contributed by atoms with Crippen LogP contribution in [0.3, 0.4) is 0 Å². The van der Waals surface area contributed by atoms with Crippen LogP contribution in [0.1, 0.15) is 80.2 Å². The number of esters is 1. The van der Waals surface area contributed by atoms with Crippen LogP contribution in [-0.4, -0.2) is 29.9 Å². The van der Waals surface area contributed by atoms with Gasteiger partial charge in [-0.3, -0.25) is 4.79 Å². The summed E-state index contributed by atoms with van der Waals surface area (Å²) in [6.45, 7) is 18.1. The molecule has 0 saturated carbocycles. The summed E-state index contributed by atoms with van der Waals surface area (Å²) in [4.78, 5) is 12.7. The summed E-state index contributed by atoms with van der Waals surface area (Å²) in [7, 11) is -0.394. The lowest BCUT2D eigenvalue weighted by Gasteiger charge is -2.32. The largest absolute Gasteiger partial charge is 0.494 e. The van der Waals surface area contributed by atoms with Crippen LogP contribution in [0.2, 0.25) is 0 Å². The van der Waals surface area contributed by atoms with Crippen LogP contribution in [0.15, 0.2) is 24.3 Å². The number of carbonyl (C=O) groups is 1. The number of benzene rings is 1. The Morgan fingerprint density at radius 2 is 1.52 bits per heavy atom. The molecular weight excluding hydrogens is 339 g/mol. The van der Waals surface area contributed by atoms with E-state index in [0.717, 1.165) is 17.4 Å². The third-order valence-electron chi connectivity index (χ3n) is 5.26. The fraction of sp³-hybridized carbons (Fsp3) is 0.682. The number of rotatable bonds is 5. The van der Waals surface area contributed by atoms with Crippen LogP contribution in [0, 0.1) is 5.92 Å². The molecule has 1 aliphatic heterocycles. The molecule has 0 aromatic heterocycles. The van der Waals surface area contributed by atoms with E-state index in [0.29, 0.717) is 5.92 Å². The lowest BCUT2D eigenvalue weighted by molar-refractivity contribution is -0.157. The first kappa shape index (κ1) is 22.0. The summed E-state index contributed by atoms with van der Waals surface area (Å²) in [6, 6.07) is 7.99. The third-order valence-corrected chi connectivity index (χ3v) is 5.26. The van der Waals surface area contributed by atoms with Gasteiger partial charge in [-0.2, -0.15) is 0 Å². The van der Waals surface area contributed by atoms with Gasteiger partial charge < -0.3 is 14.0 Å². The third kappa shape index (κ3) is 5.35. The lowest BCUT2D eigenvalue weighted by Crippen LogP contribution is -2.41. The zero-order valence-corrected chi connectivity index (χ0v) is 18.4. The standard InChI is InChI=1S/C22H35BO4/c1-15(2)14-18(19(24)25-20(3,4)5)16-10-12-17(13-11-16)23-26-21(6,7)22(8,9)27-23/h10-13,15,18H,14H2,1-9H3. The molecule has 0 aliphatic carbocycles. The Bertz CT molecular complexity index is 640. The summed E-state index contributed by atoms with van der Waals surface area (Å²) in [5.74, 6) is -0.0403. The predicted molar refractivity (Wildman–Crippen MR) is 110 cm³/mol. The van der Waals surface area contributed by atoms with Gasteiger partial charge in [-0.1, -0.05) is 38.1 Å². The van der Waals surface area contributed by atoms with Crippen molar-refractivity contribution in [2.75, 3.05) is 0 Å². The molecule has 1 heterocycles. The molecule has 150 valence electrons. The lowest BCUT2D eigenvalue weighted by atomic mass is 9.78. The van der Waals surface area contributed by atoms with Crippen molar-refractivity contribution in [1.29, 1.82) is 0 Å². The van der Waals surface area contributed by atoms with Gasteiger partial charge >= 0.3 is 13.1 Å². The van der Waals surface area contributed by atoms with Gasteiger partial charge in [0.25, 0.3) is 0 Å². The van der Waals surface area contributed by atoms with E-state index in [2.05, 4.69) is 13.8 Å². The zero-order chi connectivity index (χ0) is 20.6. The van der Waals surface area contributed by atoms with Gasteiger partial charge in [0.2, 0.25) is 0 Å². The highest BCUT2D eigenvalue weighted by Gasteiger charge is 2.51. The number of hydrogen-bond donors (Lipinski definition) is 0. The number of ether oxygens (including phenoxy) is 1. The van der Waals surface area contributed by atoms with E-state index in [1.807, 2.05) is 72.7 Å². The first-order valence-electron chi connectivity index (χ1n) is 9.90. The Balaban J connectivity index is 2.21. The van der Waals surface area contributed by atoms with E-state index in [4.69, 9.17) is 14.0 Å². The molecule has 27 heavy (non-hydrogen) atoms. The first-order valence-corrected chi connectivity index (χ1v) is 9.90. The Morgan fingerprint density at radius 1 is 1.04 bits per heavy atom. The predicted octanol–water partition coefficient (Wildman–Crippen LogP) is 4.46. The Labute approximate surface area is 165 Å². The highest BCUT2D eigenvalue weighted by Crippen LogP contribution is 2.36. The van der Waals surface area contributed by atoms with E-state index in [1.54, 1.807) is 0 Å². The van der Waals surface area contributed by atoms with Crippen molar-refractivity contribution in [1.82, 2.24) is 0 Å². The molecule has 1 aromatic carbocycles.